The zero-order valence-corrected chi connectivity index (χ0v) is 27.6. The van der Waals surface area contributed by atoms with Gasteiger partial charge in [-0.05, 0) is 60.5 Å². The van der Waals surface area contributed by atoms with Crippen molar-refractivity contribution in [2.24, 2.45) is 7.05 Å². The molecule has 0 aliphatic carbocycles. The standard InChI is InChI=1S/C37H34N4O7S/c1-22(42)39-23-14-16-24(17-15-23)49(45,46)38-19-18-26-25-8-3-5-11-29(25)40-34(26)32(28-10-7-13-31-36(28)48-21-20-47-31)33-35(43)27-9-4-6-12-30(27)41(2)37(33)44/h3-17,32,38,40,43H,18-21H2,1-2H3,(H,39,42). The lowest BCUT2D eigenvalue weighted by Crippen LogP contribution is -2.28. The highest BCUT2D eigenvalue weighted by Crippen LogP contribution is 2.47. The number of nitrogens with one attached hydrogen (secondary N) is 3. The molecule has 0 saturated heterocycles. The number of benzene rings is 4. The fourth-order valence-corrected chi connectivity index (χ4v) is 7.62. The Morgan fingerprint density at radius 1 is 0.939 bits per heavy atom. The number of carbonyl (C=O) groups excluding carboxylic acids is 1. The quantitative estimate of drug-likeness (QED) is 0.165. The molecular weight excluding hydrogens is 644 g/mol. The van der Waals surface area contributed by atoms with Crippen LogP contribution in [0.15, 0.2) is 101 Å². The van der Waals surface area contributed by atoms with Crippen LogP contribution in [-0.2, 0) is 28.3 Å². The first-order chi connectivity index (χ1) is 23.6. The van der Waals surface area contributed by atoms with Crippen molar-refractivity contribution in [3.05, 3.63) is 124 Å². The minimum atomic E-state index is -3.91. The molecule has 11 nitrogen and oxygen atoms in total. The van der Waals surface area contributed by atoms with Gasteiger partial charge in [-0.3, -0.25) is 9.59 Å². The molecule has 1 aliphatic rings. The van der Waals surface area contributed by atoms with Crippen molar-refractivity contribution in [3.8, 4) is 17.2 Å². The number of aromatic nitrogens is 2. The van der Waals surface area contributed by atoms with Gasteiger partial charge < -0.3 is 29.4 Å². The first-order valence-electron chi connectivity index (χ1n) is 15.8. The normalized spacial score (nSPS) is 13.4. The van der Waals surface area contributed by atoms with Crippen molar-refractivity contribution in [3.63, 3.8) is 0 Å². The summed E-state index contributed by atoms with van der Waals surface area (Å²) >= 11 is 0. The second-order valence-electron chi connectivity index (χ2n) is 11.9. The van der Waals surface area contributed by atoms with Crippen molar-refractivity contribution < 1.29 is 27.8 Å². The van der Waals surface area contributed by atoms with Gasteiger partial charge in [-0.2, -0.15) is 0 Å². The number of hydrogen-bond donors (Lipinski definition) is 4. The zero-order chi connectivity index (χ0) is 34.3. The highest BCUT2D eigenvalue weighted by Gasteiger charge is 2.34. The minimum Gasteiger partial charge on any atom is -0.507 e. The third kappa shape index (κ3) is 5.89. The van der Waals surface area contributed by atoms with E-state index in [1.807, 2.05) is 42.5 Å². The van der Waals surface area contributed by atoms with E-state index in [1.54, 1.807) is 31.3 Å². The van der Waals surface area contributed by atoms with Crippen LogP contribution in [-0.4, -0.2) is 48.7 Å². The van der Waals surface area contributed by atoms with E-state index in [1.165, 1.54) is 35.8 Å². The maximum atomic E-state index is 14.3. The lowest BCUT2D eigenvalue weighted by atomic mass is 9.84. The predicted molar refractivity (Wildman–Crippen MR) is 187 cm³/mol. The average molecular weight is 679 g/mol. The maximum absolute atomic E-state index is 14.3. The van der Waals surface area contributed by atoms with E-state index in [-0.39, 0.29) is 40.6 Å². The maximum Gasteiger partial charge on any atom is 0.258 e. The van der Waals surface area contributed by atoms with Crippen LogP contribution in [0.3, 0.4) is 0 Å². The summed E-state index contributed by atoms with van der Waals surface area (Å²) in [6.07, 6.45) is 0.250. The summed E-state index contributed by atoms with van der Waals surface area (Å²) in [4.78, 5) is 29.2. The van der Waals surface area contributed by atoms with Crippen LogP contribution in [0.1, 0.15) is 35.2 Å². The van der Waals surface area contributed by atoms with E-state index in [2.05, 4.69) is 15.0 Å². The molecule has 0 bridgehead atoms. The van der Waals surface area contributed by atoms with Gasteiger partial charge in [0.1, 0.15) is 19.0 Å². The number of amides is 1. The van der Waals surface area contributed by atoms with Crippen molar-refractivity contribution in [2.75, 3.05) is 25.1 Å². The lowest BCUT2D eigenvalue weighted by Gasteiger charge is -2.27. The van der Waals surface area contributed by atoms with Crippen LogP contribution in [0, 0.1) is 0 Å². The van der Waals surface area contributed by atoms with Crippen LogP contribution in [0.4, 0.5) is 5.69 Å². The first-order valence-corrected chi connectivity index (χ1v) is 17.3. The number of carbonyl (C=O) groups is 1. The second-order valence-corrected chi connectivity index (χ2v) is 13.6. The molecule has 4 N–H and O–H groups in total. The van der Waals surface area contributed by atoms with Crippen LogP contribution < -0.4 is 25.1 Å². The molecule has 0 fully saturated rings. The molecule has 1 aliphatic heterocycles. The van der Waals surface area contributed by atoms with Crippen LogP contribution in [0.5, 0.6) is 17.2 Å². The number of H-pyrrole nitrogens is 1. The van der Waals surface area contributed by atoms with Gasteiger partial charge >= 0.3 is 0 Å². The Bertz CT molecular complexity index is 2400. The summed E-state index contributed by atoms with van der Waals surface area (Å²) in [5, 5.41) is 15.9. The van der Waals surface area contributed by atoms with Crippen LogP contribution >= 0.6 is 0 Å². The molecule has 1 unspecified atom stereocenters. The Morgan fingerprint density at radius 2 is 1.65 bits per heavy atom. The number of sulfonamides is 1. The number of pyridine rings is 1. The average Bonchev–Trinajstić information content (AvgIpc) is 3.46. The number of aromatic hydroxyl groups is 1. The molecule has 2 aromatic heterocycles. The van der Waals surface area contributed by atoms with Gasteiger partial charge in [0.2, 0.25) is 15.9 Å². The van der Waals surface area contributed by atoms with E-state index in [0.29, 0.717) is 52.6 Å². The third-order valence-electron chi connectivity index (χ3n) is 8.79. The van der Waals surface area contributed by atoms with Crippen molar-refractivity contribution in [1.29, 1.82) is 0 Å². The van der Waals surface area contributed by atoms with Gasteiger partial charge in [0.05, 0.1) is 21.9 Å². The number of anilines is 1. The van der Waals surface area contributed by atoms with Gasteiger partial charge in [0.15, 0.2) is 11.5 Å². The number of nitrogens with zero attached hydrogens (tertiary/aromatic N) is 1. The Labute approximate surface area is 282 Å². The van der Waals surface area contributed by atoms with Crippen molar-refractivity contribution in [1.82, 2.24) is 14.3 Å². The predicted octanol–water partition coefficient (Wildman–Crippen LogP) is 5.16. The highest BCUT2D eigenvalue weighted by molar-refractivity contribution is 7.89. The molecule has 250 valence electrons. The number of para-hydroxylation sites is 3. The fraction of sp³-hybridized carbons (Fsp3) is 0.189. The summed E-state index contributed by atoms with van der Waals surface area (Å²) in [5.41, 5.74) is 3.62. The van der Waals surface area contributed by atoms with E-state index >= 15 is 0 Å². The number of hydrogen-bond acceptors (Lipinski definition) is 7. The molecule has 0 spiro atoms. The second kappa shape index (κ2) is 12.8. The Balaban J connectivity index is 1.36. The molecule has 49 heavy (non-hydrogen) atoms. The van der Waals surface area contributed by atoms with E-state index in [4.69, 9.17) is 9.47 Å². The molecule has 12 heteroatoms. The number of rotatable bonds is 9. The smallest absolute Gasteiger partial charge is 0.258 e. The Hall–Kier alpha value is -5.59. The molecule has 1 amide bonds. The van der Waals surface area contributed by atoms with E-state index in [0.717, 1.165) is 16.5 Å². The van der Waals surface area contributed by atoms with Crippen molar-refractivity contribution >= 4 is 43.4 Å². The lowest BCUT2D eigenvalue weighted by molar-refractivity contribution is -0.114. The minimum absolute atomic E-state index is 0.0333. The first kappa shape index (κ1) is 32.0. The molecule has 4 aromatic carbocycles. The largest absolute Gasteiger partial charge is 0.507 e. The summed E-state index contributed by atoms with van der Waals surface area (Å²) in [7, 11) is -2.23. The van der Waals surface area contributed by atoms with Crippen LogP contribution in [0.25, 0.3) is 21.8 Å². The highest BCUT2D eigenvalue weighted by atomic mass is 32.2. The molecule has 6 aromatic rings. The zero-order valence-electron chi connectivity index (χ0n) is 26.8. The monoisotopic (exact) mass is 678 g/mol. The molecular formula is C37H34N4O7S. The molecule has 0 radical (unpaired) electrons. The number of ether oxygens (including phenoxy) is 2. The Morgan fingerprint density at radius 3 is 2.43 bits per heavy atom. The van der Waals surface area contributed by atoms with Gasteiger partial charge in [0.25, 0.3) is 5.56 Å². The topological polar surface area (TPSA) is 152 Å². The summed E-state index contributed by atoms with van der Waals surface area (Å²) in [6.45, 7) is 2.09. The molecule has 3 heterocycles. The van der Waals surface area contributed by atoms with Gasteiger partial charge in [-0.1, -0.05) is 42.5 Å². The number of aromatic amines is 1. The SMILES string of the molecule is CC(=O)Nc1ccc(S(=O)(=O)NCCc2c(C(c3cccc4c3OCCO4)c3c(O)c4ccccc4n(C)c3=O)[nH]c3ccccc23)cc1. The summed E-state index contributed by atoms with van der Waals surface area (Å²) in [5.74, 6) is -0.250. The van der Waals surface area contributed by atoms with E-state index < -0.39 is 15.9 Å². The third-order valence-corrected chi connectivity index (χ3v) is 10.3. The molecule has 0 saturated carbocycles. The number of fused-ring (bicyclic) bond motifs is 3. The molecule has 1 atom stereocenters. The Kier molecular flexibility index (Phi) is 8.35. The van der Waals surface area contributed by atoms with Crippen LogP contribution in [0.2, 0.25) is 0 Å². The fourth-order valence-electron chi connectivity index (χ4n) is 6.59. The number of aryl methyl sites for hydroxylation is 1. The van der Waals surface area contributed by atoms with E-state index in [9.17, 15) is 23.1 Å². The van der Waals surface area contributed by atoms with Gasteiger partial charge in [0, 0.05) is 53.8 Å². The summed E-state index contributed by atoms with van der Waals surface area (Å²) in [6, 6.07) is 26.2. The van der Waals surface area contributed by atoms with Gasteiger partial charge in [-0.15, -0.1) is 0 Å². The van der Waals surface area contributed by atoms with Gasteiger partial charge in [-0.25, -0.2) is 13.1 Å². The molecule has 7 rings (SSSR count). The van der Waals surface area contributed by atoms with Crippen molar-refractivity contribution in [2.45, 2.75) is 24.2 Å². The summed E-state index contributed by atoms with van der Waals surface area (Å²) < 4.78 is 42.9.